The number of nitrogens with one attached hydrogen (secondary N) is 1. The van der Waals surface area contributed by atoms with Gasteiger partial charge in [-0.25, -0.2) is 0 Å². The minimum Gasteiger partial charge on any atom is -0.468 e. The van der Waals surface area contributed by atoms with Crippen molar-refractivity contribution in [3.05, 3.63) is 54.0 Å². The van der Waals surface area contributed by atoms with Crippen LogP contribution in [0, 0.1) is 0 Å². The molecule has 1 saturated heterocycles. The molecule has 3 rings (SSSR count). The van der Waals surface area contributed by atoms with Crippen molar-refractivity contribution >= 4 is 5.69 Å². The molecule has 1 atom stereocenters. The third-order valence-electron chi connectivity index (χ3n) is 4.53. The van der Waals surface area contributed by atoms with Crippen molar-refractivity contribution in [2.75, 3.05) is 24.6 Å². The number of furan rings is 1. The van der Waals surface area contributed by atoms with Crippen LogP contribution in [0.1, 0.15) is 43.0 Å². The van der Waals surface area contributed by atoms with Crippen LogP contribution in [-0.2, 0) is 6.54 Å². The summed E-state index contributed by atoms with van der Waals surface area (Å²) < 4.78 is 5.36. The standard InChI is InChI=1S/C19H26N2O2/c22-15-18(19-6-5-13-23-19)20-14-16-7-9-17(10-8-16)21-11-3-1-2-4-12-21/h5-10,13,18,20,22H,1-4,11-12,14-15H2. The first-order valence-electron chi connectivity index (χ1n) is 8.58. The van der Waals surface area contributed by atoms with E-state index in [0.29, 0.717) is 6.54 Å². The Morgan fingerprint density at radius 3 is 2.39 bits per heavy atom. The fourth-order valence-electron chi connectivity index (χ4n) is 3.14. The van der Waals surface area contributed by atoms with Gasteiger partial charge in [0.25, 0.3) is 0 Å². The van der Waals surface area contributed by atoms with Crippen LogP contribution in [0.4, 0.5) is 5.69 Å². The minimum atomic E-state index is -0.157. The first-order chi connectivity index (χ1) is 11.4. The first kappa shape index (κ1) is 16.1. The van der Waals surface area contributed by atoms with Crippen LogP contribution in [0.5, 0.6) is 0 Å². The largest absolute Gasteiger partial charge is 0.468 e. The molecule has 1 fully saturated rings. The monoisotopic (exact) mass is 314 g/mol. The van der Waals surface area contributed by atoms with Crippen molar-refractivity contribution in [3.8, 4) is 0 Å². The number of hydrogen-bond donors (Lipinski definition) is 2. The van der Waals surface area contributed by atoms with Crippen LogP contribution in [-0.4, -0.2) is 24.8 Å². The molecule has 2 aromatic rings. The zero-order valence-corrected chi connectivity index (χ0v) is 13.6. The molecular weight excluding hydrogens is 288 g/mol. The maximum Gasteiger partial charge on any atom is 0.123 e. The average molecular weight is 314 g/mol. The summed E-state index contributed by atoms with van der Waals surface area (Å²) in [5.74, 6) is 0.772. The van der Waals surface area contributed by atoms with E-state index in [0.717, 1.165) is 5.76 Å². The Hall–Kier alpha value is -1.78. The summed E-state index contributed by atoms with van der Waals surface area (Å²) in [5.41, 5.74) is 2.54. The van der Waals surface area contributed by atoms with Crippen molar-refractivity contribution in [2.45, 2.75) is 38.3 Å². The fraction of sp³-hybridized carbons (Fsp3) is 0.474. The topological polar surface area (TPSA) is 48.6 Å². The summed E-state index contributed by atoms with van der Waals surface area (Å²) in [6.45, 7) is 3.08. The van der Waals surface area contributed by atoms with Crippen LogP contribution >= 0.6 is 0 Å². The van der Waals surface area contributed by atoms with E-state index in [4.69, 9.17) is 4.42 Å². The lowest BCUT2D eigenvalue weighted by molar-refractivity contribution is 0.225. The van der Waals surface area contributed by atoms with Gasteiger partial charge in [0, 0.05) is 25.3 Å². The van der Waals surface area contributed by atoms with Gasteiger partial charge in [0.2, 0.25) is 0 Å². The summed E-state index contributed by atoms with van der Waals surface area (Å²) in [7, 11) is 0. The van der Waals surface area contributed by atoms with Gasteiger partial charge >= 0.3 is 0 Å². The SMILES string of the molecule is OCC(NCc1ccc(N2CCCCCC2)cc1)c1ccco1. The van der Waals surface area contributed by atoms with E-state index >= 15 is 0 Å². The molecule has 2 N–H and O–H groups in total. The van der Waals surface area contributed by atoms with Crippen molar-refractivity contribution < 1.29 is 9.52 Å². The quantitative estimate of drug-likeness (QED) is 0.857. The van der Waals surface area contributed by atoms with Crippen LogP contribution in [0.15, 0.2) is 47.1 Å². The summed E-state index contributed by atoms with van der Waals surface area (Å²) in [5, 5.41) is 12.8. The molecule has 4 heteroatoms. The van der Waals surface area contributed by atoms with Crippen LogP contribution in [0.2, 0.25) is 0 Å². The van der Waals surface area contributed by atoms with Crippen LogP contribution in [0.25, 0.3) is 0 Å². The zero-order valence-electron chi connectivity index (χ0n) is 13.6. The van der Waals surface area contributed by atoms with Gasteiger partial charge in [-0.2, -0.15) is 0 Å². The van der Waals surface area contributed by atoms with E-state index in [-0.39, 0.29) is 12.6 Å². The van der Waals surface area contributed by atoms with Gasteiger partial charge in [-0.3, -0.25) is 0 Å². The second-order valence-electron chi connectivity index (χ2n) is 6.20. The van der Waals surface area contributed by atoms with Crippen molar-refractivity contribution in [1.82, 2.24) is 5.32 Å². The predicted molar refractivity (Wildman–Crippen MR) is 92.5 cm³/mol. The Morgan fingerprint density at radius 1 is 1.04 bits per heavy atom. The molecule has 0 spiro atoms. The maximum absolute atomic E-state index is 9.49. The Labute approximate surface area is 138 Å². The lowest BCUT2D eigenvalue weighted by Crippen LogP contribution is -2.24. The van der Waals surface area contributed by atoms with Gasteiger partial charge < -0.3 is 19.7 Å². The van der Waals surface area contributed by atoms with Gasteiger partial charge in [0.1, 0.15) is 5.76 Å². The molecule has 1 aliphatic heterocycles. The molecule has 1 aromatic heterocycles. The van der Waals surface area contributed by atoms with E-state index in [1.54, 1.807) is 6.26 Å². The molecule has 0 radical (unpaired) electrons. The van der Waals surface area contributed by atoms with Crippen LogP contribution < -0.4 is 10.2 Å². The van der Waals surface area contributed by atoms with Crippen molar-refractivity contribution in [2.24, 2.45) is 0 Å². The molecule has 0 amide bonds. The second-order valence-corrected chi connectivity index (χ2v) is 6.20. The highest BCUT2D eigenvalue weighted by Gasteiger charge is 2.13. The average Bonchev–Trinajstić information content (AvgIpc) is 2.98. The third-order valence-corrected chi connectivity index (χ3v) is 4.53. The number of anilines is 1. The first-order valence-corrected chi connectivity index (χ1v) is 8.58. The maximum atomic E-state index is 9.49. The molecule has 1 aliphatic rings. The highest BCUT2D eigenvalue weighted by Crippen LogP contribution is 2.20. The van der Waals surface area contributed by atoms with Crippen molar-refractivity contribution in [3.63, 3.8) is 0 Å². The van der Waals surface area contributed by atoms with E-state index < -0.39 is 0 Å². The lowest BCUT2D eigenvalue weighted by Gasteiger charge is -2.23. The summed E-state index contributed by atoms with van der Waals surface area (Å²) in [6.07, 6.45) is 6.94. The van der Waals surface area contributed by atoms with Gasteiger partial charge in [-0.15, -0.1) is 0 Å². The highest BCUT2D eigenvalue weighted by molar-refractivity contribution is 5.47. The Morgan fingerprint density at radius 2 is 1.78 bits per heavy atom. The number of aliphatic hydroxyl groups excluding tert-OH is 1. The normalized spacial score (nSPS) is 17.0. The molecule has 1 unspecified atom stereocenters. The molecule has 23 heavy (non-hydrogen) atoms. The molecule has 2 heterocycles. The minimum absolute atomic E-state index is 0.0272. The Balaban J connectivity index is 1.56. The van der Waals surface area contributed by atoms with Gasteiger partial charge in [-0.1, -0.05) is 25.0 Å². The summed E-state index contributed by atoms with van der Waals surface area (Å²) >= 11 is 0. The fourth-order valence-corrected chi connectivity index (χ4v) is 3.14. The molecular formula is C19H26N2O2. The van der Waals surface area contributed by atoms with Gasteiger partial charge in [0.05, 0.1) is 18.9 Å². The number of nitrogens with zero attached hydrogens (tertiary/aromatic N) is 1. The third kappa shape index (κ3) is 4.36. The smallest absolute Gasteiger partial charge is 0.123 e. The van der Waals surface area contributed by atoms with E-state index in [2.05, 4.69) is 34.5 Å². The molecule has 4 nitrogen and oxygen atoms in total. The van der Waals surface area contributed by atoms with Gasteiger partial charge in [0.15, 0.2) is 0 Å². The van der Waals surface area contributed by atoms with Gasteiger partial charge in [-0.05, 0) is 42.7 Å². The van der Waals surface area contributed by atoms with Crippen LogP contribution in [0.3, 0.4) is 0 Å². The number of hydrogen-bond acceptors (Lipinski definition) is 4. The molecule has 0 saturated carbocycles. The number of benzene rings is 1. The summed E-state index contributed by atoms with van der Waals surface area (Å²) in [6, 6.07) is 12.3. The Bertz CT molecular complexity index is 558. The zero-order chi connectivity index (χ0) is 15.9. The molecule has 0 aliphatic carbocycles. The highest BCUT2D eigenvalue weighted by atomic mass is 16.3. The predicted octanol–water partition coefficient (Wildman–Crippen LogP) is 3.48. The second kappa shape index (κ2) is 8.18. The molecule has 1 aromatic carbocycles. The summed E-state index contributed by atoms with van der Waals surface area (Å²) in [4.78, 5) is 2.49. The van der Waals surface area contributed by atoms with E-state index in [1.165, 1.54) is 50.0 Å². The molecule has 0 bridgehead atoms. The van der Waals surface area contributed by atoms with E-state index in [9.17, 15) is 5.11 Å². The number of aliphatic hydroxyl groups is 1. The molecule has 124 valence electrons. The van der Waals surface area contributed by atoms with Crippen molar-refractivity contribution in [1.29, 1.82) is 0 Å². The number of rotatable bonds is 6. The Kier molecular flexibility index (Phi) is 5.72. The lowest BCUT2D eigenvalue weighted by atomic mass is 10.1. The van der Waals surface area contributed by atoms with E-state index in [1.807, 2.05) is 12.1 Å².